The number of pyridine rings is 2. The molecule has 0 aliphatic heterocycles. The van der Waals surface area contributed by atoms with Crippen molar-refractivity contribution in [3.05, 3.63) is 206 Å². The Balaban J connectivity index is 0.000000180. The lowest BCUT2D eigenvalue weighted by molar-refractivity contribution is -2.00. The molecular weight excluding hydrogens is 779 g/mol. The molecule has 0 aliphatic rings. The summed E-state index contributed by atoms with van der Waals surface area (Å²) in [5.41, 5.74) is 14.1. The maximum absolute atomic E-state index is 8.49. The average molecular weight is 816 g/mol. The summed E-state index contributed by atoms with van der Waals surface area (Å²) in [5, 5.41) is 0. The summed E-state index contributed by atoms with van der Waals surface area (Å²) in [6, 6.07) is 71.7. The molecule has 8 rings (SSSR count). The Morgan fingerprint density at radius 2 is 0.379 bits per heavy atom. The molecule has 6 aromatic carbocycles. The molecule has 0 atom stereocenters. The van der Waals surface area contributed by atoms with Crippen LogP contribution in [0.3, 0.4) is 0 Å². The van der Waals surface area contributed by atoms with Gasteiger partial charge < -0.3 is 0 Å². The molecule has 10 nitrogen and oxygen atoms in total. The van der Waals surface area contributed by atoms with Crippen LogP contribution in [0.4, 0.5) is 0 Å². The number of halogens is 2. The zero-order chi connectivity index (χ0) is 41.4. The third-order valence-corrected chi connectivity index (χ3v) is 8.29. The summed E-state index contributed by atoms with van der Waals surface area (Å²) in [6.45, 7) is 0. The number of rotatable bonds is 6. The fourth-order valence-corrected chi connectivity index (χ4v) is 5.83. The summed E-state index contributed by atoms with van der Waals surface area (Å²) < 4.78 is 67.9. The van der Waals surface area contributed by atoms with E-state index in [9.17, 15) is 0 Å². The maximum Gasteiger partial charge on any atom is 0.211 e. The highest BCUT2D eigenvalue weighted by Gasteiger charge is 2.15. The molecule has 0 amide bonds. The Bertz CT molecular complexity index is 1960. The Kier molecular flexibility index (Phi) is 15.5. The normalized spacial score (nSPS) is 10.8. The first kappa shape index (κ1) is 43.0. The predicted molar refractivity (Wildman–Crippen MR) is 199 cm³/mol. The first-order valence-corrected chi connectivity index (χ1v) is 20.0. The van der Waals surface area contributed by atoms with E-state index in [-0.39, 0.29) is 0 Å². The lowest BCUT2D eigenvalue weighted by Gasteiger charge is -2.17. The number of H-pyrrole nitrogens is 2. The number of hydrogen-bond acceptors (Lipinski definition) is 8. The van der Waals surface area contributed by atoms with Crippen LogP contribution < -0.4 is 47.2 Å². The van der Waals surface area contributed by atoms with Crippen LogP contribution in [0.2, 0.25) is 0 Å². The van der Waals surface area contributed by atoms with E-state index >= 15 is 0 Å². The lowest BCUT2D eigenvalue weighted by Crippen LogP contribution is -2.68. The lowest BCUT2D eigenvalue weighted by atomic mass is 10.00. The number of aromatic nitrogens is 2. The molecule has 0 radical (unpaired) electrons. The van der Waals surface area contributed by atoms with Crippen LogP contribution >= 0.6 is 0 Å². The summed E-state index contributed by atoms with van der Waals surface area (Å²) in [5.74, 6) is 0. The summed E-state index contributed by atoms with van der Waals surface area (Å²) >= 11 is 0. The van der Waals surface area contributed by atoms with E-state index in [2.05, 4.69) is 192 Å². The van der Waals surface area contributed by atoms with E-state index < -0.39 is 20.5 Å². The molecule has 2 heterocycles. The van der Waals surface area contributed by atoms with Gasteiger partial charge in [-0.25, -0.2) is 47.2 Å². The SMILES string of the molecule is [O-][Cl+3]([O-])([O-])[O-].[O-][Cl+3]([O-])([O-])[O-].c1ccc(-c2cc(-c3ccccc3)[nH+]c(-c3ccccc3)c2)cc1.c1ccc(-c2cc(-c3ccccc3)[nH+]c(-c3ccccc3)c2)cc1. The Morgan fingerprint density at radius 1 is 0.224 bits per heavy atom. The summed E-state index contributed by atoms with van der Waals surface area (Å²) in [4.78, 5) is 7.17. The monoisotopic (exact) mass is 814 g/mol. The highest BCUT2D eigenvalue weighted by atomic mass is 35.7. The van der Waals surface area contributed by atoms with Crippen molar-refractivity contribution in [1.82, 2.24) is 0 Å². The van der Waals surface area contributed by atoms with Crippen molar-refractivity contribution < 1.29 is 67.7 Å². The van der Waals surface area contributed by atoms with Crippen LogP contribution in [0.1, 0.15) is 0 Å². The van der Waals surface area contributed by atoms with Gasteiger partial charge >= 0.3 is 0 Å². The van der Waals surface area contributed by atoms with Crippen LogP contribution in [0.5, 0.6) is 0 Å². The maximum atomic E-state index is 8.49. The van der Waals surface area contributed by atoms with E-state index in [0.29, 0.717) is 0 Å². The van der Waals surface area contributed by atoms with E-state index in [1.165, 1.54) is 44.5 Å². The smallest absolute Gasteiger partial charge is 0.211 e. The van der Waals surface area contributed by atoms with Crippen molar-refractivity contribution >= 4 is 0 Å². The number of aromatic amines is 2. The third-order valence-electron chi connectivity index (χ3n) is 8.29. The van der Waals surface area contributed by atoms with E-state index in [0.717, 1.165) is 22.8 Å². The van der Waals surface area contributed by atoms with Gasteiger partial charge in [0, 0.05) is 46.5 Å². The molecule has 8 aromatic rings. The molecular formula is C46H36Cl2N2O8. The second kappa shape index (κ2) is 20.9. The van der Waals surface area contributed by atoms with Gasteiger partial charge in [-0.3, -0.25) is 0 Å². The second-order valence-corrected chi connectivity index (χ2v) is 13.9. The number of benzene rings is 6. The quantitative estimate of drug-likeness (QED) is 0.239. The van der Waals surface area contributed by atoms with Crippen LogP contribution in [0.25, 0.3) is 67.3 Å². The fourth-order valence-electron chi connectivity index (χ4n) is 5.83. The van der Waals surface area contributed by atoms with Crippen LogP contribution in [-0.4, -0.2) is 0 Å². The van der Waals surface area contributed by atoms with Gasteiger partial charge in [0.05, 0.1) is 0 Å². The zero-order valence-corrected chi connectivity index (χ0v) is 32.2. The molecule has 12 heteroatoms. The molecule has 0 unspecified atom stereocenters. The van der Waals surface area contributed by atoms with E-state index in [1.807, 2.05) is 24.3 Å². The molecule has 0 saturated heterocycles. The molecule has 0 fully saturated rings. The topological polar surface area (TPSA) is 213 Å². The first-order chi connectivity index (χ1) is 27.8. The van der Waals surface area contributed by atoms with Gasteiger partial charge in [-0.2, -0.15) is 0 Å². The second-order valence-electron chi connectivity index (χ2n) is 12.3. The van der Waals surface area contributed by atoms with Gasteiger partial charge in [-0.1, -0.05) is 133 Å². The fraction of sp³-hybridized carbons (Fsp3) is 0. The minimum atomic E-state index is -4.94. The van der Waals surface area contributed by atoms with Crippen LogP contribution in [0, 0.1) is 20.5 Å². The van der Waals surface area contributed by atoms with Gasteiger partial charge in [0.25, 0.3) is 0 Å². The first-order valence-electron chi connectivity index (χ1n) is 17.5. The molecule has 0 aliphatic carbocycles. The van der Waals surface area contributed by atoms with Crippen molar-refractivity contribution in [2.24, 2.45) is 0 Å². The van der Waals surface area contributed by atoms with Gasteiger partial charge in [0.1, 0.15) is 0 Å². The molecule has 2 N–H and O–H groups in total. The van der Waals surface area contributed by atoms with E-state index in [4.69, 9.17) is 37.3 Å². The Morgan fingerprint density at radius 3 is 0.552 bits per heavy atom. The van der Waals surface area contributed by atoms with Crippen molar-refractivity contribution in [1.29, 1.82) is 0 Å². The molecule has 0 bridgehead atoms. The molecule has 0 spiro atoms. The average Bonchev–Trinajstić information content (AvgIpc) is 3.24. The number of hydrogen-bond donors (Lipinski definition) is 0. The standard InChI is InChI=1S/2C23H17N.2ClHO4/c2*1-4-10-18(11-5-1)21-16-22(19-12-6-2-7-13-19)24-23(17-21)20-14-8-3-9-15-20;2*2-1(3,4)5/h2*1-17H;2*(H,2,3,4,5). The number of nitrogens with one attached hydrogen (secondary N) is 2. The molecule has 2 aromatic heterocycles. The van der Waals surface area contributed by atoms with Gasteiger partial charge in [-0.15, -0.1) is 20.5 Å². The Hall–Kier alpha value is -6.12. The summed E-state index contributed by atoms with van der Waals surface area (Å²) in [7, 11) is -9.89. The van der Waals surface area contributed by atoms with Crippen LogP contribution in [-0.2, 0) is 0 Å². The molecule has 58 heavy (non-hydrogen) atoms. The minimum Gasteiger partial charge on any atom is -0.222 e. The Labute approximate surface area is 340 Å². The minimum absolute atomic E-state index is 1.12. The highest BCUT2D eigenvalue weighted by Crippen LogP contribution is 2.29. The van der Waals surface area contributed by atoms with Gasteiger partial charge in [0.15, 0.2) is 0 Å². The van der Waals surface area contributed by atoms with Crippen LogP contribution in [0.15, 0.2) is 206 Å². The summed E-state index contributed by atoms with van der Waals surface area (Å²) in [6.07, 6.45) is 0. The largest absolute Gasteiger partial charge is 0.222 e. The van der Waals surface area contributed by atoms with Crippen molar-refractivity contribution in [2.45, 2.75) is 0 Å². The van der Waals surface area contributed by atoms with Crippen molar-refractivity contribution in [3.63, 3.8) is 0 Å². The van der Waals surface area contributed by atoms with Crippen molar-refractivity contribution in [3.8, 4) is 67.3 Å². The molecule has 0 saturated carbocycles. The van der Waals surface area contributed by atoms with E-state index in [1.54, 1.807) is 0 Å². The molecule has 292 valence electrons. The van der Waals surface area contributed by atoms with Gasteiger partial charge in [0.2, 0.25) is 22.8 Å². The van der Waals surface area contributed by atoms with Gasteiger partial charge in [-0.05, 0) is 70.8 Å². The third kappa shape index (κ3) is 14.8. The highest BCUT2D eigenvalue weighted by molar-refractivity contribution is 5.74. The predicted octanol–water partition coefficient (Wildman–Crippen LogP) is 1.49. The zero-order valence-electron chi connectivity index (χ0n) is 30.7. The van der Waals surface area contributed by atoms with Crippen molar-refractivity contribution in [2.75, 3.05) is 0 Å².